The molecule has 1 atom stereocenters. The Labute approximate surface area is 149 Å². The largest absolute Gasteiger partial charge is 0.378 e. The molecular formula is C20H25N3O2. The van der Waals surface area contributed by atoms with Crippen molar-refractivity contribution in [3.63, 3.8) is 0 Å². The van der Waals surface area contributed by atoms with E-state index in [0.29, 0.717) is 0 Å². The van der Waals surface area contributed by atoms with Crippen LogP contribution in [0.2, 0.25) is 0 Å². The molecule has 5 nitrogen and oxygen atoms in total. The monoisotopic (exact) mass is 339 g/mol. The van der Waals surface area contributed by atoms with Crippen LogP contribution < -0.4 is 15.5 Å². The quantitative estimate of drug-likeness (QED) is 0.850. The maximum absolute atomic E-state index is 12.3. The van der Waals surface area contributed by atoms with E-state index in [4.69, 9.17) is 4.74 Å². The van der Waals surface area contributed by atoms with Crippen LogP contribution in [0.25, 0.3) is 0 Å². The SMILES string of the molecule is CC(NC(=O)CNc1ccccc1N1CCOCC1)c1ccccc1. The summed E-state index contributed by atoms with van der Waals surface area (Å²) in [5.41, 5.74) is 3.20. The molecular weight excluding hydrogens is 314 g/mol. The van der Waals surface area contributed by atoms with E-state index in [1.807, 2.05) is 55.5 Å². The number of nitrogens with one attached hydrogen (secondary N) is 2. The number of hydrogen-bond acceptors (Lipinski definition) is 4. The van der Waals surface area contributed by atoms with Crippen molar-refractivity contribution in [1.29, 1.82) is 0 Å². The Bertz CT molecular complexity index is 684. The molecule has 1 saturated heterocycles. The van der Waals surface area contributed by atoms with Gasteiger partial charge in [-0.05, 0) is 24.6 Å². The van der Waals surface area contributed by atoms with E-state index in [1.165, 1.54) is 0 Å². The van der Waals surface area contributed by atoms with Crippen LogP contribution in [0.15, 0.2) is 54.6 Å². The molecule has 0 aromatic heterocycles. The maximum Gasteiger partial charge on any atom is 0.239 e. The number of morpholine rings is 1. The average molecular weight is 339 g/mol. The molecule has 2 aromatic rings. The zero-order valence-electron chi connectivity index (χ0n) is 14.6. The van der Waals surface area contributed by atoms with Crippen LogP contribution >= 0.6 is 0 Å². The van der Waals surface area contributed by atoms with Crippen LogP contribution in [-0.4, -0.2) is 38.8 Å². The van der Waals surface area contributed by atoms with Crippen molar-refractivity contribution in [2.45, 2.75) is 13.0 Å². The lowest BCUT2D eigenvalue weighted by atomic mass is 10.1. The molecule has 1 unspecified atom stereocenters. The third-order valence-corrected chi connectivity index (χ3v) is 4.37. The number of para-hydroxylation sites is 2. The van der Waals surface area contributed by atoms with Gasteiger partial charge < -0.3 is 20.3 Å². The fraction of sp³-hybridized carbons (Fsp3) is 0.350. The van der Waals surface area contributed by atoms with Gasteiger partial charge in [0, 0.05) is 13.1 Å². The Hall–Kier alpha value is -2.53. The van der Waals surface area contributed by atoms with E-state index in [-0.39, 0.29) is 18.5 Å². The highest BCUT2D eigenvalue weighted by Crippen LogP contribution is 2.26. The summed E-state index contributed by atoms with van der Waals surface area (Å²) < 4.78 is 5.42. The highest BCUT2D eigenvalue weighted by Gasteiger charge is 2.15. The van der Waals surface area contributed by atoms with Crippen molar-refractivity contribution in [2.75, 3.05) is 43.1 Å². The number of anilines is 2. The molecule has 0 spiro atoms. The molecule has 1 fully saturated rings. The predicted molar refractivity (Wildman–Crippen MR) is 101 cm³/mol. The summed E-state index contributed by atoms with van der Waals surface area (Å²) in [6, 6.07) is 18.1. The minimum Gasteiger partial charge on any atom is -0.378 e. The van der Waals surface area contributed by atoms with Gasteiger partial charge in [0.1, 0.15) is 0 Å². The maximum atomic E-state index is 12.3. The molecule has 1 aliphatic rings. The zero-order valence-corrected chi connectivity index (χ0v) is 14.6. The average Bonchev–Trinajstić information content (AvgIpc) is 2.68. The summed E-state index contributed by atoms with van der Waals surface area (Å²) in [6.45, 7) is 5.46. The number of amides is 1. The lowest BCUT2D eigenvalue weighted by Crippen LogP contribution is -2.37. The molecule has 0 saturated carbocycles. The molecule has 3 rings (SSSR count). The lowest BCUT2D eigenvalue weighted by Gasteiger charge is -2.30. The molecule has 2 aromatic carbocycles. The van der Waals surface area contributed by atoms with E-state index >= 15 is 0 Å². The molecule has 132 valence electrons. The van der Waals surface area contributed by atoms with Crippen molar-refractivity contribution < 1.29 is 9.53 Å². The second kappa shape index (κ2) is 8.53. The molecule has 0 bridgehead atoms. The van der Waals surface area contributed by atoms with Gasteiger partial charge in [0.15, 0.2) is 0 Å². The number of hydrogen-bond donors (Lipinski definition) is 2. The van der Waals surface area contributed by atoms with E-state index in [9.17, 15) is 4.79 Å². The Morgan fingerprint density at radius 1 is 1.08 bits per heavy atom. The van der Waals surface area contributed by atoms with Gasteiger partial charge in [0.25, 0.3) is 0 Å². The molecule has 0 radical (unpaired) electrons. The first-order valence-electron chi connectivity index (χ1n) is 8.74. The minimum atomic E-state index is -0.0202. The first kappa shape index (κ1) is 17.3. The summed E-state index contributed by atoms with van der Waals surface area (Å²) in [5.74, 6) is -0.0202. The van der Waals surface area contributed by atoms with E-state index in [2.05, 4.69) is 21.6 Å². The first-order valence-corrected chi connectivity index (χ1v) is 8.74. The third-order valence-electron chi connectivity index (χ3n) is 4.37. The highest BCUT2D eigenvalue weighted by molar-refractivity contribution is 5.83. The normalized spacial score (nSPS) is 15.5. The summed E-state index contributed by atoms with van der Waals surface area (Å²) in [4.78, 5) is 14.6. The van der Waals surface area contributed by atoms with Crippen LogP contribution in [0.3, 0.4) is 0 Å². The van der Waals surface area contributed by atoms with E-state index in [1.54, 1.807) is 0 Å². The minimum absolute atomic E-state index is 0.00927. The fourth-order valence-corrected chi connectivity index (χ4v) is 3.00. The predicted octanol–water partition coefficient (Wildman–Crippen LogP) is 2.81. The van der Waals surface area contributed by atoms with Gasteiger partial charge in [-0.15, -0.1) is 0 Å². The zero-order chi connectivity index (χ0) is 17.5. The second-order valence-electron chi connectivity index (χ2n) is 6.17. The van der Waals surface area contributed by atoms with Gasteiger partial charge in [0.2, 0.25) is 5.91 Å². The van der Waals surface area contributed by atoms with Crippen molar-refractivity contribution in [1.82, 2.24) is 5.32 Å². The van der Waals surface area contributed by atoms with E-state index in [0.717, 1.165) is 43.2 Å². The van der Waals surface area contributed by atoms with Gasteiger partial charge in [-0.3, -0.25) is 4.79 Å². The van der Waals surface area contributed by atoms with Crippen LogP contribution in [0.1, 0.15) is 18.5 Å². The number of benzene rings is 2. The number of nitrogens with zero attached hydrogens (tertiary/aromatic N) is 1. The molecule has 5 heteroatoms. The molecule has 2 N–H and O–H groups in total. The van der Waals surface area contributed by atoms with Gasteiger partial charge >= 0.3 is 0 Å². The second-order valence-corrected chi connectivity index (χ2v) is 6.17. The standard InChI is InChI=1S/C20H25N3O2/c1-16(17-7-3-2-4-8-17)22-20(24)15-21-18-9-5-6-10-19(18)23-11-13-25-14-12-23/h2-10,16,21H,11-15H2,1H3,(H,22,24). The number of ether oxygens (including phenoxy) is 1. The summed E-state index contributed by atoms with van der Waals surface area (Å²) in [6.07, 6.45) is 0. The summed E-state index contributed by atoms with van der Waals surface area (Å²) in [5, 5.41) is 6.30. The molecule has 0 aliphatic carbocycles. The van der Waals surface area contributed by atoms with Crippen LogP contribution in [0.4, 0.5) is 11.4 Å². The Morgan fingerprint density at radius 2 is 1.76 bits per heavy atom. The van der Waals surface area contributed by atoms with Crippen molar-refractivity contribution in [3.05, 3.63) is 60.2 Å². The highest BCUT2D eigenvalue weighted by atomic mass is 16.5. The topological polar surface area (TPSA) is 53.6 Å². The van der Waals surface area contributed by atoms with Gasteiger partial charge in [-0.25, -0.2) is 0 Å². The Kier molecular flexibility index (Phi) is 5.90. The molecule has 1 amide bonds. The van der Waals surface area contributed by atoms with Crippen molar-refractivity contribution in [3.8, 4) is 0 Å². The molecule has 25 heavy (non-hydrogen) atoms. The van der Waals surface area contributed by atoms with E-state index < -0.39 is 0 Å². The van der Waals surface area contributed by atoms with Gasteiger partial charge in [-0.2, -0.15) is 0 Å². The molecule has 1 aliphatic heterocycles. The number of carbonyl (C=O) groups excluding carboxylic acids is 1. The third kappa shape index (κ3) is 4.73. The fourth-order valence-electron chi connectivity index (χ4n) is 3.00. The lowest BCUT2D eigenvalue weighted by molar-refractivity contribution is -0.120. The van der Waals surface area contributed by atoms with Gasteiger partial charge in [0.05, 0.1) is 37.2 Å². The number of carbonyl (C=O) groups is 1. The Balaban J connectivity index is 1.57. The van der Waals surface area contributed by atoms with Gasteiger partial charge in [-0.1, -0.05) is 42.5 Å². The Morgan fingerprint density at radius 3 is 2.52 bits per heavy atom. The first-order chi connectivity index (χ1) is 12.2. The van der Waals surface area contributed by atoms with Crippen molar-refractivity contribution in [2.24, 2.45) is 0 Å². The number of rotatable bonds is 6. The van der Waals surface area contributed by atoms with Crippen LogP contribution in [0, 0.1) is 0 Å². The molecule has 1 heterocycles. The summed E-state index contributed by atoms with van der Waals surface area (Å²) in [7, 11) is 0. The smallest absolute Gasteiger partial charge is 0.239 e. The van der Waals surface area contributed by atoms with Crippen molar-refractivity contribution >= 4 is 17.3 Å². The van der Waals surface area contributed by atoms with Crippen LogP contribution in [0.5, 0.6) is 0 Å². The van der Waals surface area contributed by atoms with Crippen LogP contribution in [-0.2, 0) is 9.53 Å². The summed E-state index contributed by atoms with van der Waals surface area (Å²) >= 11 is 0.